The average Bonchev–Trinajstić information content (AvgIpc) is 2.90. The van der Waals surface area contributed by atoms with Gasteiger partial charge in [0.05, 0.1) is 18.4 Å². The first-order chi connectivity index (χ1) is 8.77. The lowest BCUT2D eigenvalue weighted by atomic mass is 9.83. The highest BCUT2D eigenvalue weighted by Crippen LogP contribution is 2.27. The first-order valence-corrected chi connectivity index (χ1v) is 7.22. The second kappa shape index (κ2) is 6.95. The SMILES string of the molecule is CC(NCCCC1CCCCC1O)c1ccco1. The van der Waals surface area contributed by atoms with Crippen molar-refractivity contribution >= 4 is 0 Å². The Hall–Kier alpha value is -0.800. The summed E-state index contributed by atoms with van der Waals surface area (Å²) in [6, 6.07) is 4.20. The van der Waals surface area contributed by atoms with Crippen LogP contribution in [0.3, 0.4) is 0 Å². The fourth-order valence-corrected chi connectivity index (χ4v) is 2.85. The van der Waals surface area contributed by atoms with Crippen molar-refractivity contribution in [1.29, 1.82) is 0 Å². The minimum absolute atomic E-state index is 0.0544. The predicted molar refractivity (Wildman–Crippen MR) is 72.3 cm³/mol. The van der Waals surface area contributed by atoms with Gasteiger partial charge in [-0.25, -0.2) is 0 Å². The lowest BCUT2D eigenvalue weighted by molar-refractivity contribution is 0.0642. The smallest absolute Gasteiger partial charge is 0.120 e. The van der Waals surface area contributed by atoms with E-state index in [0.717, 1.165) is 31.6 Å². The molecule has 3 heteroatoms. The van der Waals surface area contributed by atoms with E-state index in [1.165, 1.54) is 19.3 Å². The molecular weight excluding hydrogens is 226 g/mol. The van der Waals surface area contributed by atoms with Crippen LogP contribution in [0, 0.1) is 5.92 Å². The molecule has 1 aromatic heterocycles. The number of hydrogen-bond acceptors (Lipinski definition) is 3. The zero-order valence-corrected chi connectivity index (χ0v) is 11.3. The molecule has 0 saturated heterocycles. The monoisotopic (exact) mass is 251 g/mol. The summed E-state index contributed by atoms with van der Waals surface area (Å²) in [6.45, 7) is 3.11. The van der Waals surface area contributed by atoms with Crippen molar-refractivity contribution in [2.45, 2.75) is 57.6 Å². The van der Waals surface area contributed by atoms with E-state index in [1.807, 2.05) is 12.1 Å². The Morgan fingerprint density at radius 2 is 2.28 bits per heavy atom. The van der Waals surface area contributed by atoms with E-state index in [-0.39, 0.29) is 12.1 Å². The Labute approximate surface area is 110 Å². The fraction of sp³-hybridized carbons (Fsp3) is 0.733. The topological polar surface area (TPSA) is 45.4 Å². The summed E-state index contributed by atoms with van der Waals surface area (Å²) in [6.07, 6.45) is 8.62. The molecule has 1 fully saturated rings. The highest BCUT2D eigenvalue weighted by Gasteiger charge is 2.22. The number of nitrogens with one attached hydrogen (secondary N) is 1. The molecule has 18 heavy (non-hydrogen) atoms. The van der Waals surface area contributed by atoms with Crippen molar-refractivity contribution in [2.75, 3.05) is 6.54 Å². The second-order valence-corrected chi connectivity index (χ2v) is 5.45. The number of rotatable bonds is 6. The van der Waals surface area contributed by atoms with Gasteiger partial charge in [-0.3, -0.25) is 0 Å². The van der Waals surface area contributed by atoms with Crippen LogP contribution >= 0.6 is 0 Å². The normalized spacial score (nSPS) is 26.1. The van der Waals surface area contributed by atoms with Gasteiger partial charge in [0.15, 0.2) is 0 Å². The van der Waals surface area contributed by atoms with E-state index >= 15 is 0 Å². The Morgan fingerprint density at radius 1 is 1.44 bits per heavy atom. The molecule has 2 rings (SSSR count). The molecule has 1 aromatic rings. The van der Waals surface area contributed by atoms with E-state index in [1.54, 1.807) is 6.26 Å². The summed E-state index contributed by atoms with van der Waals surface area (Å²) in [5.74, 6) is 1.52. The van der Waals surface area contributed by atoms with Crippen LogP contribution in [0.1, 0.15) is 57.3 Å². The summed E-state index contributed by atoms with van der Waals surface area (Å²) in [7, 11) is 0. The number of aliphatic hydroxyl groups excluding tert-OH is 1. The summed E-state index contributed by atoms with van der Waals surface area (Å²) < 4.78 is 5.36. The van der Waals surface area contributed by atoms with Gasteiger partial charge in [-0.05, 0) is 57.2 Å². The van der Waals surface area contributed by atoms with Gasteiger partial charge in [-0.1, -0.05) is 12.8 Å². The van der Waals surface area contributed by atoms with Crippen LogP contribution in [0.25, 0.3) is 0 Å². The van der Waals surface area contributed by atoms with E-state index < -0.39 is 0 Å². The van der Waals surface area contributed by atoms with Crippen LogP contribution in [0.4, 0.5) is 0 Å². The Morgan fingerprint density at radius 3 is 3.00 bits per heavy atom. The van der Waals surface area contributed by atoms with Crippen LogP contribution in [-0.4, -0.2) is 17.8 Å². The van der Waals surface area contributed by atoms with Gasteiger partial charge in [0, 0.05) is 0 Å². The van der Waals surface area contributed by atoms with E-state index in [4.69, 9.17) is 4.42 Å². The molecule has 3 unspecified atom stereocenters. The Balaban J connectivity index is 1.61. The zero-order chi connectivity index (χ0) is 12.8. The van der Waals surface area contributed by atoms with E-state index in [2.05, 4.69) is 12.2 Å². The van der Waals surface area contributed by atoms with E-state index in [9.17, 15) is 5.11 Å². The number of furan rings is 1. The molecule has 0 amide bonds. The second-order valence-electron chi connectivity index (χ2n) is 5.45. The standard InChI is InChI=1S/C15H25NO2/c1-12(15-9-5-11-18-15)16-10-4-7-13-6-2-3-8-14(13)17/h5,9,11-14,16-17H,2-4,6-8,10H2,1H3. The van der Waals surface area contributed by atoms with Crippen molar-refractivity contribution in [3.8, 4) is 0 Å². The molecule has 3 atom stereocenters. The minimum Gasteiger partial charge on any atom is -0.468 e. The van der Waals surface area contributed by atoms with Crippen molar-refractivity contribution in [3.05, 3.63) is 24.2 Å². The third-order valence-electron chi connectivity index (χ3n) is 4.04. The van der Waals surface area contributed by atoms with Crippen molar-refractivity contribution in [2.24, 2.45) is 5.92 Å². The molecule has 0 spiro atoms. The van der Waals surface area contributed by atoms with Gasteiger partial charge in [0.1, 0.15) is 5.76 Å². The molecule has 1 aliphatic rings. The highest BCUT2D eigenvalue weighted by atomic mass is 16.3. The molecule has 0 radical (unpaired) electrons. The van der Waals surface area contributed by atoms with Gasteiger partial charge < -0.3 is 14.8 Å². The largest absolute Gasteiger partial charge is 0.468 e. The zero-order valence-electron chi connectivity index (χ0n) is 11.3. The summed E-state index contributed by atoms with van der Waals surface area (Å²) in [5.41, 5.74) is 0. The van der Waals surface area contributed by atoms with Crippen LogP contribution in [0.5, 0.6) is 0 Å². The van der Waals surface area contributed by atoms with Crippen LogP contribution in [0.15, 0.2) is 22.8 Å². The molecule has 0 aromatic carbocycles. The van der Waals surface area contributed by atoms with Gasteiger partial charge in [0.2, 0.25) is 0 Å². The maximum Gasteiger partial charge on any atom is 0.120 e. The molecular formula is C15H25NO2. The molecule has 102 valence electrons. The first-order valence-electron chi connectivity index (χ1n) is 7.22. The van der Waals surface area contributed by atoms with Gasteiger partial charge >= 0.3 is 0 Å². The lowest BCUT2D eigenvalue weighted by Gasteiger charge is -2.27. The third kappa shape index (κ3) is 3.85. The maximum atomic E-state index is 9.89. The summed E-state index contributed by atoms with van der Waals surface area (Å²) in [5, 5.41) is 13.4. The Bertz CT molecular complexity index is 323. The molecule has 0 bridgehead atoms. The molecule has 1 aliphatic carbocycles. The van der Waals surface area contributed by atoms with Crippen LogP contribution in [-0.2, 0) is 0 Å². The summed E-state index contributed by atoms with van der Waals surface area (Å²) >= 11 is 0. The van der Waals surface area contributed by atoms with Crippen molar-refractivity contribution in [1.82, 2.24) is 5.32 Å². The van der Waals surface area contributed by atoms with Crippen molar-refractivity contribution < 1.29 is 9.52 Å². The number of aliphatic hydroxyl groups is 1. The Kier molecular flexibility index (Phi) is 5.26. The van der Waals surface area contributed by atoms with Gasteiger partial charge in [-0.15, -0.1) is 0 Å². The van der Waals surface area contributed by atoms with E-state index in [0.29, 0.717) is 5.92 Å². The minimum atomic E-state index is -0.0544. The van der Waals surface area contributed by atoms with Gasteiger partial charge in [0.25, 0.3) is 0 Å². The van der Waals surface area contributed by atoms with Crippen LogP contribution < -0.4 is 5.32 Å². The lowest BCUT2D eigenvalue weighted by Crippen LogP contribution is -2.26. The number of hydrogen-bond donors (Lipinski definition) is 2. The quantitative estimate of drug-likeness (QED) is 0.763. The highest BCUT2D eigenvalue weighted by molar-refractivity contribution is 5.02. The average molecular weight is 251 g/mol. The van der Waals surface area contributed by atoms with Gasteiger partial charge in [-0.2, -0.15) is 0 Å². The first kappa shape index (κ1) is 13.6. The van der Waals surface area contributed by atoms with Crippen molar-refractivity contribution in [3.63, 3.8) is 0 Å². The predicted octanol–water partition coefficient (Wildman–Crippen LogP) is 3.26. The molecule has 1 heterocycles. The maximum absolute atomic E-state index is 9.89. The molecule has 3 nitrogen and oxygen atoms in total. The fourth-order valence-electron chi connectivity index (χ4n) is 2.85. The molecule has 1 saturated carbocycles. The molecule has 2 N–H and O–H groups in total. The summed E-state index contributed by atoms with van der Waals surface area (Å²) in [4.78, 5) is 0. The van der Waals surface area contributed by atoms with Crippen LogP contribution in [0.2, 0.25) is 0 Å². The molecule has 0 aliphatic heterocycles. The third-order valence-corrected chi connectivity index (χ3v) is 4.04.